The van der Waals surface area contributed by atoms with Crippen molar-refractivity contribution in [2.75, 3.05) is 0 Å². The van der Waals surface area contributed by atoms with Gasteiger partial charge >= 0.3 is 0 Å². The minimum atomic E-state index is -0.663. The molecule has 1 aromatic carbocycles. The second-order valence-electron chi connectivity index (χ2n) is 6.72. The van der Waals surface area contributed by atoms with Gasteiger partial charge in [-0.1, -0.05) is 30.3 Å². The summed E-state index contributed by atoms with van der Waals surface area (Å²) in [5, 5.41) is 10.1. The van der Waals surface area contributed by atoms with Crippen LogP contribution in [0.25, 0.3) is 10.6 Å². The lowest BCUT2D eigenvalue weighted by molar-refractivity contribution is -0.124. The van der Waals surface area contributed by atoms with E-state index in [-0.39, 0.29) is 11.5 Å². The van der Waals surface area contributed by atoms with Crippen molar-refractivity contribution in [3.63, 3.8) is 0 Å². The van der Waals surface area contributed by atoms with Gasteiger partial charge in [0.15, 0.2) is 0 Å². The number of nitrogens with one attached hydrogen (secondary N) is 1. The minimum absolute atomic E-state index is 0.244. The average Bonchev–Trinajstić information content (AvgIpc) is 3.44. The topological polar surface area (TPSA) is 76.9 Å². The van der Waals surface area contributed by atoms with Gasteiger partial charge in [0.2, 0.25) is 5.91 Å². The first-order chi connectivity index (χ1) is 13.1. The van der Waals surface area contributed by atoms with E-state index in [0.29, 0.717) is 12.5 Å². The fraction of sp³-hybridized carbons (Fsp3) is 0.300. The Bertz CT molecular complexity index is 1010. The van der Waals surface area contributed by atoms with Crippen LogP contribution in [0.5, 0.6) is 0 Å². The highest BCUT2D eigenvalue weighted by atomic mass is 32.1. The number of rotatable bonds is 6. The molecule has 138 valence electrons. The number of hydrogen-bond acceptors (Lipinski definition) is 5. The summed E-state index contributed by atoms with van der Waals surface area (Å²) in [6, 6.07) is 12.5. The molecule has 0 bridgehead atoms. The van der Waals surface area contributed by atoms with Crippen LogP contribution in [0, 0.1) is 0 Å². The summed E-state index contributed by atoms with van der Waals surface area (Å²) in [7, 11) is 0. The third-order valence-electron chi connectivity index (χ3n) is 4.60. The summed E-state index contributed by atoms with van der Waals surface area (Å²) in [5.74, 6) is 0.185. The van der Waals surface area contributed by atoms with Gasteiger partial charge in [-0.05, 0) is 25.8 Å². The molecule has 4 rings (SSSR count). The molecule has 7 heteroatoms. The molecule has 1 unspecified atom stereocenters. The number of hydrogen-bond donors (Lipinski definition) is 1. The molecule has 1 atom stereocenters. The number of aromatic nitrogens is 3. The Hall–Kier alpha value is -2.80. The van der Waals surface area contributed by atoms with E-state index in [1.807, 2.05) is 35.7 Å². The van der Waals surface area contributed by atoms with Crippen molar-refractivity contribution < 1.29 is 4.79 Å². The Labute approximate surface area is 160 Å². The van der Waals surface area contributed by atoms with Gasteiger partial charge in [0.1, 0.15) is 11.0 Å². The standard InChI is InChI=1S/C20H20N4O2S/c1-13(24-18(25)10-9-17(23-24)14-7-8-14)19(26)21-11-16-12-27-20(22-16)15-5-3-2-4-6-15/h2-6,9-10,12-14H,7-8,11H2,1H3,(H,21,26). The van der Waals surface area contributed by atoms with Gasteiger partial charge in [-0.25, -0.2) is 9.67 Å². The van der Waals surface area contributed by atoms with Crippen LogP contribution in [0.1, 0.15) is 43.1 Å². The van der Waals surface area contributed by atoms with E-state index in [2.05, 4.69) is 15.4 Å². The molecule has 1 amide bonds. The maximum Gasteiger partial charge on any atom is 0.267 e. The Kier molecular flexibility index (Phi) is 4.85. The van der Waals surface area contributed by atoms with Gasteiger partial charge in [0.25, 0.3) is 5.56 Å². The summed E-state index contributed by atoms with van der Waals surface area (Å²) >= 11 is 1.54. The second kappa shape index (κ2) is 7.44. The Morgan fingerprint density at radius 1 is 1.26 bits per heavy atom. The molecular weight excluding hydrogens is 360 g/mol. The molecule has 1 aliphatic carbocycles. The highest BCUT2D eigenvalue weighted by Crippen LogP contribution is 2.38. The van der Waals surface area contributed by atoms with Gasteiger partial charge in [-0.15, -0.1) is 11.3 Å². The van der Waals surface area contributed by atoms with Gasteiger partial charge in [0.05, 0.1) is 17.9 Å². The van der Waals surface area contributed by atoms with Crippen LogP contribution in [-0.2, 0) is 11.3 Å². The molecule has 1 saturated carbocycles. The Morgan fingerprint density at radius 3 is 2.78 bits per heavy atom. The third-order valence-corrected chi connectivity index (χ3v) is 5.54. The number of carbonyl (C=O) groups is 1. The van der Waals surface area contributed by atoms with E-state index < -0.39 is 6.04 Å². The molecule has 0 saturated heterocycles. The molecule has 3 aromatic rings. The number of amides is 1. The Balaban J connectivity index is 1.42. The van der Waals surface area contributed by atoms with Crippen LogP contribution in [0.2, 0.25) is 0 Å². The summed E-state index contributed by atoms with van der Waals surface area (Å²) in [6.45, 7) is 2.01. The van der Waals surface area contributed by atoms with Crippen LogP contribution < -0.4 is 10.9 Å². The molecule has 6 nitrogen and oxygen atoms in total. The SMILES string of the molecule is CC(C(=O)NCc1csc(-c2ccccc2)n1)n1nc(C2CC2)ccc1=O. The summed E-state index contributed by atoms with van der Waals surface area (Å²) in [5.41, 5.74) is 2.48. The van der Waals surface area contributed by atoms with Gasteiger partial charge in [-0.2, -0.15) is 5.10 Å². The van der Waals surface area contributed by atoms with E-state index >= 15 is 0 Å². The zero-order valence-corrected chi connectivity index (χ0v) is 15.8. The maximum atomic E-state index is 12.5. The summed E-state index contributed by atoms with van der Waals surface area (Å²) < 4.78 is 1.28. The van der Waals surface area contributed by atoms with E-state index in [9.17, 15) is 9.59 Å². The average molecular weight is 380 g/mol. The van der Waals surface area contributed by atoms with Crippen molar-refractivity contribution in [3.05, 3.63) is 69.6 Å². The summed E-state index contributed by atoms with van der Waals surface area (Å²) in [6.07, 6.45) is 2.19. The van der Waals surface area contributed by atoms with Crippen LogP contribution in [0.4, 0.5) is 0 Å². The molecule has 2 aromatic heterocycles. The highest BCUT2D eigenvalue weighted by molar-refractivity contribution is 7.13. The smallest absolute Gasteiger partial charge is 0.267 e. The Morgan fingerprint density at radius 2 is 2.04 bits per heavy atom. The van der Waals surface area contributed by atoms with E-state index in [4.69, 9.17) is 0 Å². The van der Waals surface area contributed by atoms with Crippen LogP contribution in [0.15, 0.2) is 52.6 Å². The lowest BCUT2D eigenvalue weighted by atomic mass is 10.2. The largest absolute Gasteiger partial charge is 0.349 e. The first kappa shape index (κ1) is 17.6. The molecule has 27 heavy (non-hydrogen) atoms. The fourth-order valence-electron chi connectivity index (χ4n) is 2.85. The van der Waals surface area contributed by atoms with Crippen molar-refractivity contribution in [3.8, 4) is 10.6 Å². The summed E-state index contributed by atoms with van der Waals surface area (Å²) in [4.78, 5) is 29.2. The molecule has 1 fully saturated rings. The molecule has 1 aliphatic rings. The molecule has 2 heterocycles. The normalized spacial score (nSPS) is 14.7. The van der Waals surface area contributed by atoms with Gasteiger partial charge in [0, 0.05) is 22.9 Å². The van der Waals surface area contributed by atoms with Crippen LogP contribution >= 0.6 is 11.3 Å². The van der Waals surface area contributed by atoms with Crippen molar-refractivity contribution >= 4 is 17.2 Å². The molecule has 0 aliphatic heterocycles. The predicted octanol–water partition coefficient (Wildman–Crippen LogP) is 3.12. The quantitative estimate of drug-likeness (QED) is 0.713. The number of carbonyl (C=O) groups excluding carboxylic acids is 1. The first-order valence-corrected chi connectivity index (χ1v) is 9.87. The van der Waals surface area contributed by atoms with Crippen LogP contribution in [0.3, 0.4) is 0 Å². The maximum absolute atomic E-state index is 12.5. The van der Waals surface area contributed by atoms with Crippen molar-refractivity contribution in [2.24, 2.45) is 0 Å². The van der Waals surface area contributed by atoms with E-state index in [1.54, 1.807) is 24.3 Å². The van der Waals surface area contributed by atoms with Crippen molar-refractivity contribution in [1.82, 2.24) is 20.1 Å². The lowest BCUT2D eigenvalue weighted by Crippen LogP contribution is -2.37. The first-order valence-electron chi connectivity index (χ1n) is 8.99. The van der Waals surface area contributed by atoms with Crippen molar-refractivity contribution in [1.29, 1.82) is 0 Å². The molecule has 0 radical (unpaired) electrons. The van der Waals surface area contributed by atoms with Gasteiger partial charge < -0.3 is 5.32 Å². The molecular formula is C20H20N4O2S. The second-order valence-corrected chi connectivity index (χ2v) is 7.58. The van der Waals surface area contributed by atoms with Crippen molar-refractivity contribution in [2.45, 2.75) is 38.3 Å². The molecule has 1 N–H and O–H groups in total. The zero-order valence-electron chi connectivity index (χ0n) is 15.0. The number of nitrogens with zero attached hydrogens (tertiary/aromatic N) is 3. The fourth-order valence-corrected chi connectivity index (χ4v) is 3.68. The lowest BCUT2D eigenvalue weighted by Gasteiger charge is -2.14. The predicted molar refractivity (Wildman–Crippen MR) is 105 cm³/mol. The zero-order chi connectivity index (χ0) is 18.8. The molecule has 0 spiro atoms. The third kappa shape index (κ3) is 3.98. The number of benzene rings is 1. The number of thiazole rings is 1. The monoisotopic (exact) mass is 380 g/mol. The minimum Gasteiger partial charge on any atom is -0.349 e. The highest BCUT2D eigenvalue weighted by Gasteiger charge is 2.27. The van der Waals surface area contributed by atoms with Crippen LogP contribution in [-0.4, -0.2) is 20.7 Å². The van der Waals surface area contributed by atoms with E-state index in [1.165, 1.54) is 10.7 Å². The van der Waals surface area contributed by atoms with Gasteiger partial charge in [-0.3, -0.25) is 9.59 Å². The van der Waals surface area contributed by atoms with E-state index in [0.717, 1.165) is 34.8 Å².